The topological polar surface area (TPSA) is 91.0 Å². The Bertz CT molecular complexity index is 1320. The molecule has 3 aliphatic heterocycles. The highest BCUT2D eigenvalue weighted by Crippen LogP contribution is 2.49. The van der Waals surface area contributed by atoms with Crippen LogP contribution in [0.3, 0.4) is 0 Å². The first-order valence-corrected chi connectivity index (χ1v) is 15.7. The molecular formula is C34H44N4O4. The number of nitrogens with one attached hydrogen (secondary N) is 2. The monoisotopic (exact) mass is 572 g/mol. The number of rotatable bonds is 7. The smallest absolute Gasteiger partial charge is 0.251 e. The van der Waals surface area contributed by atoms with E-state index in [0.29, 0.717) is 29.6 Å². The number of piperidine rings is 3. The van der Waals surface area contributed by atoms with E-state index in [1.807, 2.05) is 18.2 Å². The number of methoxy groups -OCH3 is 1. The second-order valence-electron chi connectivity index (χ2n) is 13.1. The molecule has 3 saturated heterocycles. The average molecular weight is 573 g/mol. The molecule has 42 heavy (non-hydrogen) atoms. The molecule has 224 valence electrons. The van der Waals surface area contributed by atoms with E-state index in [1.54, 1.807) is 13.2 Å². The SMILES string of the molecule is COc1cccc(C(=O)NC2CC3(CCN(CC4CCN(c5ccc(C6CCC(=O)NC6=O)cc5C)CC4)CC3)C2)c1. The lowest BCUT2D eigenvalue weighted by Gasteiger charge is -2.52. The molecule has 8 nitrogen and oxygen atoms in total. The van der Waals surface area contributed by atoms with E-state index in [1.165, 1.54) is 43.5 Å². The molecule has 2 N–H and O–H groups in total. The van der Waals surface area contributed by atoms with Crippen LogP contribution < -0.4 is 20.3 Å². The maximum atomic E-state index is 12.7. The van der Waals surface area contributed by atoms with Crippen molar-refractivity contribution in [3.05, 3.63) is 59.2 Å². The van der Waals surface area contributed by atoms with Crippen molar-refractivity contribution in [2.75, 3.05) is 44.7 Å². The van der Waals surface area contributed by atoms with Gasteiger partial charge in [0.1, 0.15) is 5.75 Å². The molecule has 0 aromatic heterocycles. The maximum absolute atomic E-state index is 12.7. The second kappa shape index (κ2) is 12.1. The van der Waals surface area contributed by atoms with Crippen LogP contribution in [0.1, 0.15) is 78.8 Å². The Morgan fingerprint density at radius 2 is 1.79 bits per heavy atom. The van der Waals surface area contributed by atoms with Crippen molar-refractivity contribution in [2.24, 2.45) is 11.3 Å². The standard InChI is InChI=1S/C34H44N4O4/c1-23-18-25(29-7-9-31(39)36-33(29)41)6-8-30(23)38-14-10-24(11-15-38)22-37-16-12-34(13-17-37)20-27(21-34)35-32(40)26-4-3-5-28(19-26)42-2/h3-6,8,18-19,24,27,29H,7,9-17,20-22H2,1-2H3,(H,35,40)(H,36,39,41). The van der Waals surface area contributed by atoms with Gasteiger partial charge in [-0.25, -0.2) is 0 Å². The van der Waals surface area contributed by atoms with Crippen LogP contribution in [-0.4, -0.2) is 68.5 Å². The van der Waals surface area contributed by atoms with Crippen molar-refractivity contribution < 1.29 is 19.1 Å². The number of likely N-dealkylation sites (tertiary alicyclic amines) is 1. The average Bonchev–Trinajstić information content (AvgIpc) is 2.98. The van der Waals surface area contributed by atoms with E-state index in [9.17, 15) is 14.4 Å². The van der Waals surface area contributed by atoms with E-state index in [4.69, 9.17) is 4.74 Å². The Morgan fingerprint density at radius 1 is 1.02 bits per heavy atom. The Hall–Kier alpha value is -3.39. The van der Waals surface area contributed by atoms with Crippen LogP contribution in [0.5, 0.6) is 5.75 Å². The molecule has 1 atom stereocenters. The molecule has 1 spiro atoms. The van der Waals surface area contributed by atoms with E-state index < -0.39 is 0 Å². The number of amides is 3. The Labute approximate surface area is 249 Å². The Balaban J connectivity index is 0.924. The van der Waals surface area contributed by atoms with E-state index in [0.717, 1.165) is 50.5 Å². The van der Waals surface area contributed by atoms with Crippen LogP contribution in [0.25, 0.3) is 0 Å². The molecule has 3 amide bonds. The van der Waals surface area contributed by atoms with E-state index in [-0.39, 0.29) is 29.7 Å². The molecule has 4 aliphatic rings. The van der Waals surface area contributed by atoms with Crippen LogP contribution in [0.4, 0.5) is 5.69 Å². The van der Waals surface area contributed by atoms with Crippen LogP contribution in [-0.2, 0) is 9.59 Å². The Kier molecular flexibility index (Phi) is 8.26. The highest BCUT2D eigenvalue weighted by Gasteiger charge is 2.46. The molecule has 0 bridgehead atoms. The van der Waals surface area contributed by atoms with Gasteiger partial charge in [0.05, 0.1) is 13.0 Å². The number of hydrogen-bond acceptors (Lipinski definition) is 6. The molecule has 4 fully saturated rings. The minimum Gasteiger partial charge on any atom is -0.497 e. The van der Waals surface area contributed by atoms with Gasteiger partial charge in [-0.05, 0) is 112 Å². The number of aryl methyl sites for hydroxylation is 1. The molecule has 3 heterocycles. The number of nitrogens with zero attached hydrogens (tertiary/aromatic N) is 2. The van der Waals surface area contributed by atoms with Gasteiger partial charge in [-0.2, -0.15) is 0 Å². The summed E-state index contributed by atoms with van der Waals surface area (Å²) in [4.78, 5) is 41.7. The molecule has 1 aliphatic carbocycles. The summed E-state index contributed by atoms with van der Waals surface area (Å²) in [5, 5.41) is 5.72. The molecule has 2 aromatic rings. The third-order valence-corrected chi connectivity index (χ3v) is 10.3. The minimum atomic E-state index is -0.228. The van der Waals surface area contributed by atoms with Crippen LogP contribution in [0, 0.1) is 18.3 Å². The van der Waals surface area contributed by atoms with Crippen molar-refractivity contribution in [3.63, 3.8) is 0 Å². The highest BCUT2D eigenvalue weighted by atomic mass is 16.5. The highest BCUT2D eigenvalue weighted by molar-refractivity contribution is 6.01. The van der Waals surface area contributed by atoms with Crippen molar-refractivity contribution in [2.45, 2.75) is 70.3 Å². The van der Waals surface area contributed by atoms with Gasteiger partial charge in [-0.15, -0.1) is 0 Å². The predicted octanol–water partition coefficient (Wildman–Crippen LogP) is 4.41. The number of imide groups is 1. The first kappa shape index (κ1) is 28.7. The summed E-state index contributed by atoms with van der Waals surface area (Å²) in [6, 6.07) is 14.0. The molecular weight excluding hydrogens is 528 g/mol. The van der Waals surface area contributed by atoms with E-state index in [2.05, 4.69) is 45.6 Å². The van der Waals surface area contributed by atoms with Gasteiger partial charge >= 0.3 is 0 Å². The summed E-state index contributed by atoms with van der Waals surface area (Å²) in [7, 11) is 1.62. The lowest BCUT2D eigenvalue weighted by molar-refractivity contribution is -0.134. The molecule has 0 radical (unpaired) electrons. The normalized spacial score (nSPS) is 23.4. The summed E-state index contributed by atoms with van der Waals surface area (Å²) in [6.07, 6.45) is 8.06. The number of ether oxygens (including phenoxy) is 1. The van der Waals surface area contributed by atoms with Crippen LogP contribution in [0.2, 0.25) is 0 Å². The first-order valence-electron chi connectivity index (χ1n) is 15.7. The fraction of sp³-hybridized carbons (Fsp3) is 0.559. The van der Waals surface area contributed by atoms with Crippen LogP contribution >= 0.6 is 0 Å². The summed E-state index contributed by atoms with van der Waals surface area (Å²) in [6.45, 7) is 7.78. The maximum Gasteiger partial charge on any atom is 0.251 e. The minimum absolute atomic E-state index is 0.00187. The number of carbonyl (C=O) groups excluding carboxylic acids is 3. The molecule has 2 aromatic carbocycles. The lowest BCUT2D eigenvalue weighted by Crippen LogP contribution is -2.55. The fourth-order valence-electron chi connectivity index (χ4n) is 7.72. The van der Waals surface area contributed by atoms with Gasteiger partial charge < -0.3 is 19.9 Å². The van der Waals surface area contributed by atoms with Gasteiger partial charge in [0.2, 0.25) is 11.8 Å². The fourth-order valence-corrected chi connectivity index (χ4v) is 7.72. The van der Waals surface area contributed by atoms with Crippen molar-refractivity contribution in [1.29, 1.82) is 0 Å². The van der Waals surface area contributed by atoms with Crippen molar-refractivity contribution in [1.82, 2.24) is 15.5 Å². The van der Waals surface area contributed by atoms with Crippen molar-refractivity contribution in [3.8, 4) is 5.75 Å². The third-order valence-electron chi connectivity index (χ3n) is 10.3. The Morgan fingerprint density at radius 3 is 2.48 bits per heavy atom. The van der Waals surface area contributed by atoms with Gasteiger partial charge in [0, 0.05) is 43.3 Å². The van der Waals surface area contributed by atoms with Gasteiger partial charge in [-0.1, -0.05) is 18.2 Å². The second-order valence-corrected chi connectivity index (χ2v) is 13.1. The molecule has 6 rings (SSSR count). The summed E-state index contributed by atoms with van der Waals surface area (Å²) >= 11 is 0. The van der Waals surface area contributed by atoms with Crippen LogP contribution in [0.15, 0.2) is 42.5 Å². The predicted molar refractivity (Wildman–Crippen MR) is 163 cm³/mol. The van der Waals surface area contributed by atoms with Gasteiger partial charge in [0.15, 0.2) is 0 Å². The molecule has 1 unspecified atom stereocenters. The summed E-state index contributed by atoms with van der Waals surface area (Å²) < 4.78 is 5.26. The molecule has 1 saturated carbocycles. The summed E-state index contributed by atoms with van der Waals surface area (Å²) in [5.41, 5.74) is 4.55. The largest absolute Gasteiger partial charge is 0.497 e. The van der Waals surface area contributed by atoms with Gasteiger partial charge in [-0.3, -0.25) is 19.7 Å². The lowest BCUT2D eigenvalue weighted by atomic mass is 9.60. The number of benzene rings is 2. The quantitative estimate of drug-likeness (QED) is 0.478. The zero-order chi connectivity index (χ0) is 29.3. The van der Waals surface area contributed by atoms with Crippen molar-refractivity contribution >= 4 is 23.4 Å². The zero-order valence-electron chi connectivity index (χ0n) is 25.0. The summed E-state index contributed by atoms with van der Waals surface area (Å²) in [5.74, 6) is 0.873. The number of carbonyl (C=O) groups is 3. The zero-order valence-corrected chi connectivity index (χ0v) is 25.0. The molecule has 8 heteroatoms. The first-order chi connectivity index (χ1) is 20.3. The number of hydrogen-bond donors (Lipinski definition) is 2. The van der Waals surface area contributed by atoms with E-state index >= 15 is 0 Å². The van der Waals surface area contributed by atoms with Gasteiger partial charge in [0.25, 0.3) is 5.91 Å². The third kappa shape index (κ3) is 6.19. The number of anilines is 1.